The smallest absolute Gasteiger partial charge is 0.0687 e. The predicted octanol–water partition coefficient (Wildman–Crippen LogP) is 3.07. The molecule has 0 amide bonds. The molecule has 0 atom stereocenters. The van der Waals surface area contributed by atoms with Crippen LogP contribution in [0.3, 0.4) is 0 Å². The van der Waals surface area contributed by atoms with E-state index in [1.54, 1.807) is 0 Å². The summed E-state index contributed by atoms with van der Waals surface area (Å²) in [5.41, 5.74) is 2.29. The topological polar surface area (TPSA) is 23.8 Å². The highest BCUT2D eigenvalue weighted by atomic mass is 35.5. The van der Waals surface area contributed by atoms with E-state index in [9.17, 15) is 0 Å². The van der Waals surface area contributed by atoms with Crippen molar-refractivity contribution in [3.8, 4) is 6.07 Å². The van der Waals surface area contributed by atoms with Gasteiger partial charge in [0, 0.05) is 5.54 Å². The third kappa shape index (κ3) is 3.53. The highest BCUT2D eigenvalue weighted by Gasteiger charge is 2.16. The minimum Gasteiger partial charge on any atom is -0.198 e. The summed E-state index contributed by atoms with van der Waals surface area (Å²) in [5, 5.41) is 8.62. The molecule has 0 aliphatic rings. The highest BCUT2D eigenvalue weighted by molar-refractivity contribution is 6.25. The highest BCUT2D eigenvalue weighted by Crippen LogP contribution is 2.23. The van der Waals surface area contributed by atoms with Gasteiger partial charge in [-0.3, -0.25) is 0 Å². The lowest BCUT2D eigenvalue weighted by Crippen LogP contribution is -2.07. The van der Waals surface area contributed by atoms with Crippen LogP contribution in [0.15, 0.2) is 11.1 Å². The summed E-state index contributed by atoms with van der Waals surface area (Å²) in [5.74, 6) is 0. The molecule has 0 unspecified atom stereocenters. The molecule has 0 saturated heterocycles. The Morgan fingerprint density at radius 1 is 1.70 bits per heavy atom. The second-order valence-corrected chi connectivity index (χ2v) is 3.35. The molecule has 0 bridgehead atoms. The Balaban J connectivity index is 4.05. The van der Waals surface area contributed by atoms with E-state index in [2.05, 4.69) is 6.07 Å². The van der Waals surface area contributed by atoms with Gasteiger partial charge in [0.1, 0.15) is 0 Å². The van der Waals surface area contributed by atoms with Gasteiger partial charge in [-0.2, -0.15) is 5.26 Å². The van der Waals surface area contributed by atoms with E-state index in [0.717, 1.165) is 12.0 Å². The van der Waals surface area contributed by atoms with Crippen LogP contribution in [0.25, 0.3) is 0 Å². The number of allylic oxidation sites excluding steroid dienone is 1. The summed E-state index contributed by atoms with van der Waals surface area (Å²) in [6.07, 6.45) is 0.743. The van der Waals surface area contributed by atoms with Gasteiger partial charge in [0.05, 0.1) is 11.5 Å². The quantitative estimate of drug-likeness (QED) is 0.605. The second kappa shape index (κ2) is 3.63. The number of halogens is 1. The Labute approximate surface area is 67.3 Å². The zero-order valence-electron chi connectivity index (χ0n) is 6.61. The van der Waals surface area contributed by atoms with Crippen LogP contribution in [-0.2, 0) is 0 Å². The first-order valence-corrected chi connectivity index (χ1v) is 3.62. The van der Waals surface area contributed by atoms with Gasteiger partial charge in [-0.25, -0.2) is 0 Å². The van der Waals surface area contributed by atoms with Crippen molar-refractivity contribution in [2.75, 3.05) is 0 Å². The molecule has 10 heavy (non-hydrogen) atoms. The third-order valence-corrected chi connectivity index (χ3v) is 1.58. The standard InChI is InChI=1S/C8H12ClN/c1-7(5-9)4-8(2,3)6-10/h5H,4H2,1-3H3/b7-5+. The first kappa shape index (κ1) is 9.52. The van der Waals surface area contributed by atoms with Crippen LogP contribution in [0.2, 0.25) is 0 Å². The maximum Gasteiger partial charge on any atom is 0.0687 e. The van der Waals surface area contributed by atoms with E-state index >= 15 is 0 Å². The van der Waals surface area contributed by atoms with Crippen LogP contribution in [0.1, 0.15) is 27.2 Å². The van der Waals surface area contributed by atoms with Crippen molar-refractivity contribution in [2.24, 2.45) is 5.41 Å². The van der Waals surface area contributed by atoms with Gasteiger partial charge in [0.15, 0.2) is 0 Å². The Hall–Kier alpha value is -0.480. The summed E-state index contributed by atoms with van der Waals surface area (Å²) < 4.78 is 0. The lowest BCUT2D eigenvalue weighted by molar-refractivity contribution is 0.491. The van der Waals surface area contributed by atoms with Crippen molar-refractivity contribution in [3.63, 3.8) is 0 Å². The third-order valence-electron chi connectivity index (χ3n) is 1.21. The molecule has 0 aromatic rings. The maximum absolute atomic E-state index is 8.62. The Kier molecular flexibility index (Phi) is 3.46. The number of rotatable bonds is 2. The average molecular weight is 158 g/mol. The summed E-state index contributed by atoms with van der Waals surface area (Å²) in [4.78, 5) is 0. The summed E-state index contributed by atoms with van der Waals surface area (Å²) >= 11 is 5.44. The summed E-state index contributed by atoms with van der Waals surface area (Å²) in [7, 11) is 0. The van der Waals surface area contributed by atoms with Gasteiger partial charge in [0.2, 0.25) is 0 Å². The fourth-order valence-corrected chi connectivity index (χ4v) is 0.852. The van der Waals surface area contributed by atoms with Crippen molar-refractivity contribution >= 4 is 11.6 Å². The van der Waals surface area contributed by atoms with Crippen LogP contribution in [-0.4, -0.2) is 0 Å². The Bertz CT molecular complexity index is 174. The fraction of sp³-hybridized carbons (Fsp3) is 0.625. The number of nitriles is 1. The number of nitrogens with zero attached hydrogens (tertiary/aromatic N) is 1. The van der Waals surface area contributed by atoms with Crippen molar-refractivity contribution in [1.29, 1.82) is 5.26 Å². The van der Waals surface area contributed by atoms with Crippen LogP contribution < -0.4 is 0 Å². The van der Waals surface area contributed by atoms with Gasteiger partial charge in [-0.1, -0.05) is 17.2 Å². The fourth-order valence-electron chi connectivity index (χ4n) is 0.775. The molecule has 0 rings (SSSR count). The molecule has 1 nitrogen and oxygen atoms in total. The molecule has 0 aliphatic carbocycles. The van der Waals surface area contributed by atoms with Gasteiger partial charge < -0.3 is 0 Å². The average Bonchev–Trinajstić information content (AvgIpc) is 1.87. The van der Waals surface area contributed by atoms with Crippen LogP contribution >= 0.6 is 11.6 Å². The van der Waals surface area contributed by atoms with E-state index in [4.69, 9.17) is 16.9 Å². The van der Waals surface area contributed by atoms with Gasteiger partial charge in [-0.05, 0) is 27.2 Å². The van der Waals surface area contributed by atoms with Crippen molar-refractivity contribution in [1.82, 2.24) is 0 Å². The van der Waals surface area contributed by atoms with Gasteiger partial charge in [-0.15, -0.1) is 0 Å². The van der Waals surface area contributed by atoms with E-state index in [-0.39, 0.29) is 5.41 Å². The van der Waals surface area contributed by atoms with E-state index in [1.807, 2.05) is 20.8 Å². The Morgan fingerprint density at radius 2 is 2.20 bits per heavy atom. The second-order valence-electron chi connectivity index (χ2n) is 3.13. The molecule has 0 heterocycles. The molecule has 0 aliphatic heterocycles. The largest absolute Gasteiger partial charge is 0.198 e. The maximum atomic E-state index is 8.62. The lowest BCUT2D eigenvalue weighted by atomic mass is 9.88. The monoisotopic (exact) mass is 157 g/mol. The molecule has 0 radical (unpaired) electrons. The molecule has 0 saturated carbocycles. The molecular weight excluding hydrogens is 146 g/mol. The van der Waals surface area contributed by atoms with Crippen molar-refractivity contribution in [3.05, 3.63) is 11.1 Å². The zero-order valence-corrected chi connectivity index (χ0v) is 7.37. The number of hydrogen-bond acceptors (Lipinski definition) is 1. The normalized spacial score (nSPS) is 12.9. The van der Waals surface area contributed by atoms with E-state index in [1.165, 1.54) is 5.54 Å². The zero-order chi connectivity index (χ0) is 8.20. The first-order valence-electron chi connectivity index (χ1n) is 3.19. The summed E-state index contributed by atoms with van der Waals surface area (Å²) in [6.45, 7) is 5.72. The minimum absolute atomic E-state index is 0.282. The first-order chi connectivity index (χ1) is 4.52. The molecule has 0 aromatic heterocycles. The predicted molar refractivity (Wildman–Crippen MR) is 43.6 cm³/mol. The summed E-state index contributed by atoms with van der Waals surface area (Å²) in [6, 6.07) is 2.21. The molecule has 0 N–H and O–H groups in total. The number of hydrogen-bond donors (Lipinski definition) is 0. The van der Waals surface area contributed by atoms with Gasteiger partial charge in [0.25, 0.3) is 0 Å². The van der Waals surface area contributed by atoms with Crippen LogP contribution in [0.5, 0.6) is 0 Å². The molecular formula is C8H12ClN. The van der Waals surface area contributed by atoms with Gasteiger partial charge >= 0.3 is 0 Å². The Morgan fingerprint density at radius 3 is 2.50 bits per heavy atom. The van der Waals surface area contributed by atoms with E-state index < -0.39 is 0 Å². The van der Waals surface area contributed by atoms with Crippen LogP contribution in [0, 0.1) is 16.7 Å². The van der Waals surface area contributed by atoms with Crippen molar-refractivity contribution < 1.29 is 0 Å². The molecule has 0 spiro atoms. The van der Waals surface area contributed by atoms with Crippen LogP contribution in [0.4, 0.5) is 0 Å². The van der Waals surface area contributed by atoms with E-state index in [0.29, 0.717) is 0 Å². The lowest BCUT2D eigenvalue weighted by Gasteiger charge is -2.13. The minimum atomic E-state index is -0.282. The SMILES string of the molecule is C/C(=C\Cl)CC(C)(C)C#N. The molecule has 2 heteroatoms. The molecule has 0 fully saturated rings. The molecule has 56 valence electrons. The van der Waals surface area contributed by atoms with Crippen molar-refractivity contribution in [2.45, 2.75) is 27.2 Å². The molecule has 0 aromatic carbocycles.